The monoisotopic (exact) mass is 151 g/mol. The molecule has 62 valence electrons. The second-order valence-corrected chi connectivity index (χ2v) is 3.70. The number of H-pyrrole nitrogens is 1. The van der Waals surface area contributed by atoms with E-state index in [1.54, 1.807) is 0 Å². The van der Waals surface area contributed by atoms with Gasteiger partial charge >= 0.3 is 0 Å². The van der Waals surface area contributed by atoms with Gasteiger partial charge in [0.15, 0.2) is 0 Å². The van der Waals surface area contributed by atoms with E-state index in [0.717, 1.165) is 5.92 Å². The topological polar surface area (TPSA) is 15.8 Å². The molecule has 0 bridgehead atoms. The van der Waals surface area contributed by atoms with Crippen molar-refractivity contribution in [2.75, 3.05) is 0 Å². The van der Waals surface area contributed by atoms with Gasteiger partial charge in [0, 0.05) is 11.4 Å². The molecule has 0 saturated heterocycles. The average molecular weight is 151 g/mol. The molecule has 0 atom stereocenters. The van der Waals surface area contributed by atoms with Crippen LogP contribution in [0.25, 0.3) is 0 Å². The smallest absolute Gasteiger partial charge is 0.0150 e. The zero-order valence-electron chi connectivity index (χ0n) is 7.86. The van der Waals surface area contributed by atoms with Crippen molar-refractivity contribution in [3.8, 4) is 0 Å². The van der Waals surface area contributed by atoms with Crippen molar-refractivity contribution in [3.05, 3.63) is 23.0 Å². The van der Waals surface area contributed by atoms with E-state index in [0.29, 0.717) is 0 Å². The Morgan fingerprint density at radius 1 is 1.36 bits per heavy atom. The molecule has 0 fully saturated rings. The van der Waals surface area contributed by atoms with Crippen LogP contribution in [-0.2, 0) is 6.42 Å². The highest BCUT2D eigenvalue weighted by molar-refractivity contribution is 5.24. The molecule has 0 amide bonds. The van der Waals surface area contributed by atoms with Gasteiger partial charge in [-0.2, -0.15) is 0 Å². The number of aryl methyl sites for hydroxylation is 2. The molecule has 0 aromatic carbocycles. The third-order valence-electron chi connectivity index (χ3n) is 1.89. The Labute approximate surface area is 68.8 Å². The van der Waals surface area contributed by atoms with E-state index in [1.165, 1.54) is 23.4 Å². The van der Waals surface area contributed by atoms with E-state index in [4.69, 9.17) is 0 Å². The molecule has 0 saturated carbocycles. The van der Waals surface area contributed by atoms with Gasteiger partial charge in [0.25, 0.3) is 0 Å². The van der Waals surface area contributed by atoms with Gasteiger partial charge in [0.05, 0.1) is 0 Å². The molecule has 1 heteroatoms. The van der Waals surface area contributed by atoms with Gasteiger partial charge in [0.2, 0.25) is 0 Å². The van der Waals surface area contributed by atoms with Crippen molar-refractivity contribution in [2.45, 2.75) is 34.1 Å². The Balaban J connectivity index is 2.77. The zero-order chi connectivity index (χ0) is 8.43. The lowest BCUT2D eigenvalue weighted by Gasteiger charge is -2.02. The summed E-state index contributed by atoms with van der Waals surface area (Å²) in [5.41, 5.74) is 4.08. The molecule has 0 unspecified atom stereocenters. The Kier molecular flexibility index (Phi) is 2.38. The van der Waals surface area contributed by atoms with E-state index < -0.39 is 0 Å². The molecule has 11 heavy (non-hydrogen) atoms. The largest absolute Gasteiger partial charge is 0.362 e. The molecule has 1 N–H and O–H groups in total. The van der Waals surface area contributed by atoms with Crippen LogP contribution in [0.15, 0.2) is 6.07 Å². The van der Waals surface area contributed by atoms with Crippen molar-refractivity contribution >= 4 is 0 Å². The Hall–Kier alpha value is -0.720. The fourth-order valence-corrected chi connectivity index (χ4v) is 1.43. The molecule has 1 aromatic heterocycles. The van der Waals surface area contributed by atoms with Crippen LogP contribution < -0.4 is 0 Å². The summed E-state index contributed by atoms with van der Waals surface area (Å²) < 4.78 is 0. The van der Waals surface area contributed by atoms with E-state index >= 15 is 0 Å². The number of rotatable bonds is 2. The van der Waals surface area contributed by atoms with E-state index in [2.05, 4.69) is 38.7 Å². The minimum absolute atomic E-state index is 0.754. The molecule has 1 rings (SSSR count). The van der Waals surface area contributed by atoms with Crippen LogP contribution in [0.1, 0.15) is 30.8 Å². The fourth-order valence-electron chi connectivity index (χ4n) is 1.43. The summed E-state index contributed by atoms with van der Waals surface area (Å²) in [6, 6.07) is 2.25. The summed E-state index contributed by atoms with van der Waals surface area (Å²) in [4.78, 5) is 3.31. The van der Waals surface area contributed by atoms with E-state index in [9.17, 15) is 0 Å². The van der Waals surface area contributed by atoms with Crippen LogP contribution in [0.3, 0.4) is 0 Å². The molecule has 1 heterocycles. The van der Waals surface area contributed by atoms with Gasteiger partial charge in [-0.1, -0.05) is 13.8 Å². The maximum absolute atomic E-state index is 3.31. The summed E-state index contributed by atoms with van der Waals surface area (Å²) in [5.74, 6) is 0.754. The summed E-state index contributed by atoms with van der Waals surface area (Å²) in [5, 5.41) is 0. The second-order valence-electron chi connectivity index (χ2n) is 3.70. The maximum atomic E-state index is 3.31. The minimum atomic E-state index is 0.754. The lowest BCUT2D eigenvalue weighted by Crippen LogP contribution is -1.93. The van der Waals surface area contributed by atoms with E-state index in [1.807, 2.05) is 0 Å². The van der Waals surface area contributed by atoms with Crippen LogP contribution in [0, 0.1) is 19.8 Å². The van der Waals surface area contributed by atoms with Gasteiger partial charge in [-0.3, -0.25) is 0 Å². The number of hydrogen-bond acceptors (Lipinski definition) is 0. The lowest BCUT2D eigenvalue weighted by atomic mass is 10.0. The third-order valence-corrected chi connectivity index (χ3v) is 1.89. The van der Waals surface area contributed by atoms with Crippen molar-refractivity contribution in [1.29, 1.82) is 0 Å². The summed E-state index contributed by atoms with van der Waals surface area (Å²) >= 11 is 0. The summed E-state index contributed by atoms with van der Waals surface area (Å²) in [7, 11) is 0. The van der Waals surface area contributed by atoms with Crippen LogP contribution in [-0.4, -0.2) is 4.98 Å². The molecular formula is C10H17N. The summed E-state index contributed by atoms with van der Waals surface area (Å²) in [6.07, 6.45) is 1.19. The van der Waals surface area contributed by atoms with Gasteiger partial charge in [-0.15, -0.1) is 0 Å². The zero-order valence-corrected chi connectivity index (χ0v) is 7.86. The molecule has 1 nitrogen and oxygen atoms in total. The highest BCUT2D eigenvalue weighted by atomic mass is 14.7. The van der Waals surface area contributed by atoms with Gasteiger partial charge in [-0.05, 0) is 37.8 Å². The van der Waals surface area contributed by atoms with Crippen LogP contribution in [0.4, 0.5) is 0 Å². The normalized spacial score (nSPS) is 11.0. The Morgan fingerprint density at radius 3 is 2.36 bits per heavy atom. The number of aromatic amines is 1. The van der Waals surface area contributed by atoms with Gasteiger partial charge < -0.3 is 4.98 Å². The quantitative estimate of drug-likeness (QED) is 0.669. The van der Waals surface area contributed by atoms with E-state index in [-0.39, 0.29) is 0 Å². The van der Waals surface area contributed by atoms with Crippen molar-refractivity contribution in [3.63, 3.8) is 0 Å². The summed E-state index contributed by atoms with van der Waals surface area (Å²) in [6.45, 7) is 8.76. The van der Waals surface area contributed by atoms with Crippen LogP contribution in [0.5, 0.6) is 0 Å². The molecular weight excluding hydrogens is 134 g/mol. The van der Waals surface area contributed by atoms with Gasteiger partial charge in [0.1, 0.15) is 0 Å². The first-order valence-corrected chi connectivity index (χ1v) is 4.24. The van der Waals surface area contributed by atoms with Crippen LogP contribution in [0.2, 0.25) is 0 Å². The first-order valence-electron chi connectivity index (χ1n) is 4.24. The Bertz CT molecular complexity index is 233. The Morgan fingerprint density at radius 2 is 2.00 bits per heavy atom. The third kappa shape index (κ3) is 2.11. The number of aromatic nitrogens is 1. The highest BCUT2D eigenvalue weighted by Gasteiger charge is 2.03. The molecule has 0 aliphatic heterocycles. The molecule has 0 radical (unpaired) electrons. The first-order chi connectivity index (χ1) is 5.09. The lowest BCUT2D eigenvalue weighted by molar-refractivity contribution is 0.645. The SMILES string of the molecule is Cc1cc(CC(C)C)c(C)[nH]1. The standard InChI is InChI=1S/C10H17N/c1-7(2)5-10-6-8(3)11-9(10)4/h6-7,11H,5H2,1-4H3. The first kappa shape index (κ1) is 8.38. The highest BCUT2D eigenvalue weighted by Crippen LogP contribution is 2.13. The van der Waals surface area contributed by atoms with Crippen molar-refractivity contribution in [1.82, 2.24) is 4.98 Å². The number of hydrogen-bond donors (Lipinski definition) is 1. The minimum Gasteiger partial charge on any atom is -0.362 e. The fraction of sp³-hybridized carbons (Fsp3) is 0.600. The van der Waals surface area contributed by atoms with Gasteiger partial charge in [-0.25, -0.2) is 0 Å². The predicted octanol–water partition coefficient (Wildman–Crippen LogP) is 2.83. The predicted molar refractivity (Wildman–Crippen MR) is 48.8 cm³/mol. The number of nitrogens with one attached hydrogen (secondary N) is 1. The second kappa shape index (κ2) is 3.12. The molecule has 0 aliphatic carbocycles. The molecule has 1 aromatic rings. The molecule has 0 aliphatic rings. The average Bonchev–Trinajstić information content (AvgIpc) is 2.09. The van der Waals surface area contributed by atoms with Crippen LogP contribution >= 0.6 is 0 Å². The molecule has 0 spiro atoms. The van der Waals surface area contributed by atoms with Crippen molar-refractivity contribution < 1.29 is 0 Å². The van der Waals surface area contributed by atoms with Crippen molar-refractivity contribution in [2.24, 2.45) is 5.92 Å². The maximum Gasteiger partial charge on any atom is 0.0150 e.